The third-order valence-electron chi connectivity index (χ3n) is 6.75. The van der Waals surface area contributed by atoms with Crippen LogP contribution in [0.15, 0.2) is 33.9 Å². The molecule has 0 spiro atoms. The minimum atomic E-state index is -0.341. The highest BCUT2D eigenvalue weighted by atomic mass is 16.5. The van der Waals surface area contributed by atoms with Crippen LogP contribution in [0.3, 0.4) is 0 Å². The van der Waals surface area contributed by atoms with Gasteiger partial charge in [-0.05, 0) is 51.0 Å². The summed E-state index contributed by atoms with van der Waals surface area (Å²) >= 11 is 0. The fourth-order valence-electron chi connectivity index (χ4n) is 5.27. The number of fused-ring (bicyclic) bond motifs is 2. The molecule has 5 nitrogen and oxygen atoms in total. The van der Waals surface area contributed by atoms with E-state index in [0.717, 1.165) is 48.7 Å². The molecule has 1 saturated carbocycles. The number of ether oxygens (including phenoxy) is 2. The molecule has 3 aliphatic rings. The Bertz CT molecular complexity index is 715. The molecule has 0 heterocycles. The van der Waals surface area contributed by atoms with Gasteiger partial charge in [-0.1, -0.05) is 32.4 Å². The van der Waals surface area contributed by atoms with E-state index in [2.05, 4.69) is 11.7 Å². The van der Waals surface area contributed by atoms with Crippen molar-refractivity contribution in [3.05, 3.63) is 33.9 Å². The minimum absolute atomic E-state index is 0.0450. The molecule has 170 valence electrons. The van der Waals surface area contributed by atoms with Crippen molar-refractivity contribution >= 4 is 12.1 Å². The molecule has 0 saturated heterocycles. The molecule has 0 bridgehead atoms. The van der Waals surface area contributed by atoms with E-state index >= 15 is 0 Å². The SMILES string of the molecule is C/C=C(/C=O)C1=C(C)C(=O)C2=C(CCC3(C)C(O)CCC23)C1COC.CC.COC. The highest BCUT2D eigenvalue weighted by molar-refractivity contribution is 6.12. The zero-order valence-electron chi connectivity index (χ0n) is 20.0. The van der Waals surface area contributed by atoms with Gasteiger partial charge < -0.3 is 14.6 Å². The molecule has 5 heteroatoms. The van der Waals surface area contributed by atoms with Crippen LogP contribution in [0.2, 0.25) is 0 Å². The second-order valence-corrected chi connectivity index (χ2v) is 8.24. The summed E-state index contributed by atoms with van der Waals surface area (Å²) in [6.45, 7) is 10.2. The quantitative estimate of drug-likeness (QED) is 0.537. The van der Waals surface area contributed by atoms with E-state index < -0.39 is 0 Å². The summed E-state index contributed by atoms with van der Waals surface area (Å²) in [7, 11) is 4.91. The first-order chi connectivity index (χ1) is 14.3. The van der Waals surface area contributed by atoms with Crippen molar-refractivity contribution in [2.75, 3.05) is 27.9 Å². The van der Waals surface area contributed by atoms with Crippen LogP contribution in [0.4, 0.5) is 0 Å². The molecule has 30 heavy (non-hydrogen) atoms. The normalized spacial score (nSPS) is 30.6. The van der Waals surface area contributed by atoms with Crippen LogP contribution in [0.25, 0.3) is 0 Å². The summed E-state index contributed by atoms with van der Waals surface area (Å²) in [6, 6.07) is 0. The Morgan fingerprint density at radius 1 is 1.23 bits per heavy atom. The summed E-state index contributed by atoms with van der Waals surface area (Å²) in [5, 5.41) is 10.5. The van der Waals surface area contributed by atoms with E-state index in [9.17, 15) is 14.7 Å². The van der Waals surface area contributed by atoms with E-state index in [1.165, 1.54) is 0 Å². The van der Waals surface area contributed by atoms with Crippen LogP contribution < -0.4 is 0 Å². The van der Waals surface area contributed by atoms with E-state index in [1.807, 2.05) is 27.7 Å². The van der Waals surface area contributed by atoms with Gasteiger partial charge in [0, 0.05) is 49.4 Å². The summed E-state index contributed by atoms with van der Waals surface area (Å²) in [5.74, 6) is 0.125. The molecule has 0 aromatic carbocycles. The number of aliphatic hydroxyl groups is 1. The maximum absolute atomic E-state index is 13.3. The number of allylic oxidation sites excluding steroid dienone is 4. The van der Waals surface area contributed by atoms with Crippen molar-refractivity contribution in [2.45, 2.75) is 66.4 Å². The summed E-state index contributed by atoms with van der Waals surface area (Å²) in [5.41, 5.74) is 3.88. The lowest BCUT2D eigenvalue weighted by Crippen LogP contribution is -2.42. The average Bonchev–Trinajstić information content (AvgIpc) is 3.05. The smallest absolute Gasteiger partial charge is 0.185 e. The Hall–Kier alpha value is -1.56. The monoisotopic (exact) mass is 420 g/mol. The van der Waals surface area contributed by atoms with Crippen LogP contribution in [0, 0.1) is 17.3 Å². The lowest BCUT2D eigenvalue weighted by Gasteiger charge is -2.45. The number of Topliss-reactive ketones (excluding diaryl/α,β-unsaturated/α-hetero) is 1. The molecule has 1 N–H and O–H groups in total. The summed E-state index contributed by atoms with van der Waals surface area (Å²) in [4.78, 5) is 24.8. The van der Waals surface area contributed by atoms with Gasteiger partial charge in [-0.15, -0.1) is 0 Å². The summed E-state index contributed by atoms with van der Waals surface area (Å²) in [6.07, 6.45) is 5.55. The molecule has 4 unspecified atom stereocenters. The first kappa shape index (κ1) is 26.5. The zero-order valence-corrected chi connectivity index (χ0v) is 20.0. The molecular formula is C25H40O5. The Morgan fingerprint density at radius 2 is 1.83 bits per heavy atom. The number of hydrogen-bond donors (Lipinski definition) is 1. The second kappa shape index (κ2) is 11.7. The molecule has 0 radical (unpaired) electrons. The minimum Gasteiger partial charge on any atom is -0.393 e. The molecule has 0 aromatic heterocycles. The molecule has 1 fully saturated rings. The number of ketones is 1. The van der Waals surface area contributed by atoms with Crippen molar-refractivity contribution < 1.29 is 24.2 Å². The van der Waals surface area contributed by atoms with Gasteiger partial charge in [-0.25, -0.2) is 0 Å². The van der Waals surface area contributed by atoms with Crippen LogP contribution >= 0.6 is 0 Å². The lowest BCUT2D eigenvalue weighted by atomic mass is 9.59. The number of carbonyl (C=O) groups excluding carboxylic acids is 2. The summed E-state index contributed by atoms with van der Waals surface area (Å²) < 4.78 is 9.72. The van der Waals surface area contributed by atoms with Crippen LogP contribution in [-0.4, -0.2) is 51.2 Å². The number of methoxy groups -OCH3 is 2. The third kappa shape index (κ3) is 4.68. The molecular weight excluding hydrogens is 380 g/mol. The van der Waals surface area contributed by atoms with Crippen molar-refractivity contribution in [1.82, 2.24) is 0 Å². The standard InChI is InChI=1S/C21H28O4.C2H6O.C2H6/c1-5-13(10-22)18-12(2)20(24)19-14(15(18)11-25-4)8-9-21(3)16(19)6-7-17(21)23;1-3-2;1-2/h5,10,15-17,23H,6-9,11H2,1-4H3;1-2H3;1-2H3/b13-5-;;. The van der Waals surface area contributed by atoms with Crippen molar-refractivity contribution in [2.24, 2.45) is 17.3 Å². The third-order valence-corrected chi connectivity index (χ3v) is 6.75. The van der Waals surface area contributed by atoms with Gasteiger partial charge in [-0.3, -0.25) is 9.59 Å². The van der Waals surface area contributed by atoms with E-state index in [0.29, 0.717) is 17.8 Å². The molecule has 4 atom stereocenters. The van der Waals surface area contributed by atoms with Gasteiger partial charge in [0.1, 0.15) is 6.29 Å². The van der Waals surface area contributed by atoms with E-state index in [-0.39, 0.29) is 29.1 Å². The largest absolute Gasteiger partial charge is 0.393 e. The van der Waals surface area contributed by atoms with Crippen LogP contribution in [0.1, 0.15) is 60.3 Å². The molecule has 0 aliphatic heterocycles. The van der Waals surface area contributed by atoms with Gasteiger partial charge in [0.15, 0.2) is 5.78 Å². The Labute approximate surface area is 182 Å². The molecule has 3 rings (SSSR count). The second-order valence-electron chi connectivity index (χ2n) is 8.24. The maximum Gasteiger partial charge on any atom is 0.185 e. The first-order valence-electron chi connectivity index (χ1n) is 11.0. The van der Waals surface area contributed by atoms with Crippen molar-refractivity contribution in [1.29, 1.82) is 0 Å². The Morgan fingerprint density at radius 3 is 2.33 bits per heavy atom. The maximum atomic E-state index is 13.3. The molecule has 3 aliphatic carbocycles. The van der Waals surface area contributed by atoms with Gasteiger partial charge in [0.25, 0.3) is 0 Å². The van der Waals surface area contributed by atoms with E-state index in [1.54, 1.807) is 27.4 Å². The van der Waals surface area contributed by atoms with Gasteiger partial charge in [-0.2, -0.15) is 0 Å². The van der Waals surface area contributed by atoms with Crippen molar-refractivity contribution in [3.63, 3.8) is 0 Å². The zero-order chi connectivity index (χ0) is 23.1. The van der Waals surface area contributed by atoms with Gasteiger partial charge >= 0.3 is 0 Å². The van der Waals surface area contributed by atoms with Crippen molar-refractivity contribution in [3.8, 4) is 0 Å². The molecule has 0 aromatic rings. The predicted molar refractivity (Wildman–Crippen MR) is 120 cm³/mol. The molecule has 0 amide bonds. The van der Waals surface area contributed by atoms with Gasteiger partial charge in [0.2, 0.25) is 0 Å². The highest BCUT2D eigenvalue weighted by Gasteiger charge is 2.53. The Kier molecular flexibility index (Phi) is 10.4. The number of aldehydes is 1. The van der Waals surface area contributed by atoms with Crippen LogP contribution in [-0.2, 0) is 19.1 Å². The highest BCUT2D eigenvalue weighted by Crippen LogP contribution is 2.57. The topological polar surface area (TPSA) is 72.8 Å². The number of carbonyl (C=O) groups is 2. The number of rotatable bonds is 4. The van der Waals surface area contributed by atoms with Crippen LogP contribution in [0.5, 0.6) is 0 Å². The Balaban J connectivity index is 0.000000826. The fraction of sp³-hybridized carbons (Fsp3) is 0.680. The fourth-order valence-corrected chi connectivity index (χ4v) is 5.27. The first-order valence-corrected chi connectivity index (χ1v) is 11.0. The van der Waals surface area contributed by atoms with E-state index in [4.69, 9.17) is 4.74 Å². The number of hydrogen-bond acceptors (Lipinski definition) is 5. The predicted octanol–water partition coefficient (Wildman–Crippen LogP) is 4.45. The average molecular weight is 421 g/mol. The number of aliphatic hydroxyl groups excluding tert-OH is 1. The lowest BCUT2D eigenvalue weighted by molar-refractivity contribution is -0.114. The van der Waals surface area contributed by atoms with Gasteiger partial charge in [0.05, 0.1) is 12.7 Å².